The van der Waals surface area contributed by atoms with E-state index in [2.05, 4.69) is 64.9 Å². The predicted octanol–water partition coefficient (Wildman–Crippen LogP) is 9.33. The molecule has 0 aliphatic heterocycles. The molecule has 0 bridgehead atoms. The van der Waals surface area contributed by atoms with Gasteiger partial charge in [-0.3, -0.25) is 0 Å². The van der Waals surface area contributed by atoms with Crippen molar-refractivity contribution >= 4 is 9.24 Å². The molecule has 3 rings (SSSR count). The second-order valence-electron chi connectivity index (χ2n) is 7.18. The van der Waals surface area contributed by atoms with E-state index in [0.29, 0.717) is 0 Å². The lowest BCUT2D eigenvalue weighted by molar-refractivity contribution is 0.841. The van der Waals surface area contributed by atoms with Gasteiger partial charge in [-0.2, -0.15) is 0 Å². The Morgan fingerprint density at radius 3 is 1.72 bits per heavy atom. The van der Waals surface area contributed by atoms with Gasteiger partial charge < -0.3 is 0 Å². The van der Waals surface area contributed by atoms with Gasteiger partial charge in [-0.1, -0.05) is 99.8 Å². The fraction of sp³-hybridized carbons (Fsp3) is 0.429. The normalized spacial score (nSPS) is 17.8. The van der Waals surface area contributed by atoms with Crippen LogP contribution < -0.4 is 0 Å². The van der Waals surface area contributed by atoms with Gasteiger partial charge >= 0.3 is 0 Å². The highest BCUT2D eigenvalue weighted by Crippen LogP contribution is 2.33. The van der Waals surface area contributed by atoms with Crippen molar-refractivity contribution in [1.82, 2.24) is 0 Å². The van der Waals surface area contributed by atoms with E-state index in [9.17, 15) is 0 Å². The molecule has 0 N–H and O–H groups in total. The summed E-state index contributed by atoms with van der Waals surface area (Å²) in [5, 5.41) is 1.39. The SMILES string of the molecule is C=C(CCC(=C)C1=CC=C(C2=CC=CCC2)CC1)C1=CC=C(P)CC1.CC.CC. The third-order valence-electron chi connectivity index (χ3n) is 5.39. The van der Waals surface area contributed by atoms with Crippen LogP contribution in [0.1, 0.15) is 79.1 Å². The van der Waals surface area contributed by atoms with Crippen molar-refractivity contribution < 1.29 is 0 Å². The summed E-state index contributed by atoms with van der Waals surface area (Å²) in [4.78, 5) is 0. The highest BCUT2D eigenvalue weighted by molar-refractivity contribution is 7.22. The highest BCUT2D eigenvalue weighted by Gasteiger charge is 2.14. The fourth-order valence-electron chi connectivity index (χ4n) is 3.64. The molecule has 0 aromatic rings. The Hall–Kier alpha value is -1.65. The van der Waals surface area contributed by atoms with Crippen molar-refractivity contribution in [2.75, 3.05) is 0 Å². The largest absolute Gasteiger partial charge is 0.110 e. The fourth-order valence-corrected chi connectivity index (χ4v) is 3.88. The van der Waals surface area contributed by atoms with Crippen molar-refractivity contribution in [2.24, 2.45) is 0 Å². The van der Waals surface area contributed by atoms with E-state index in [4.69, 9.17) is 0 Å². The van der Waals surface area contributed by atoms with Crippen molar-refractivity contribution in [3.8, 4) is 0 Å². The summed E-state index contributed by atoms with van der Waals surface area (Å²) >= 11 is 0. The van der Waals surface area contributed by atoms with E-state index >= 15 is 0 Å². The molecule has 3 aliphatic carbocycles. The zero-order chi connectivity index (χ0) is 21.6. The quantitative estimate of drug-likeness (QED) is 0.384. The van der Waals surface area contributed by atoms with Crippen LogP contribution in [0, 0.1) is 0 Å². The van der Waals surface area contributed by atoms with Crippen molar-refractivity contribution in [1.29, 1.82) is 0 Å². The van der Waals surface area contributed by atoms with Crippen molar-refractivity contribution in [2.45, 2.75) is 79.1 Å². The van der Waals surface area contributed by atoms with Gasteiger partial charge in [0.2, 0.25) is 0 Å². The summed E-state index contributed by atoms with van der Waals surface area (Å²) in [6.07, 6.45) is 24.7. The van der Waals surface area contributed by atoms with Crippen LogP contribution >= 0.6 is 9.24 Å². The van der Waals surface area contributed by atoms with Crippen LogP contribution in [-0.4, -0.2) is 0 Å². The molecule has 0 aromatic heterocycles. The first-order chi connectivity index (χ1) is 14.1. The topological polar surface area (TPSA) is 0 Å². The molecule has 0 saturated carbocycles. The Morgan fingerprint density at radius 1 is 0.724 bits per heavy atom. The maximum Gasteiger partial charge on any atom is -0.0235 e. The van der Waals surface area contributed by atoms with Crippen LogP contribution in [0.25, 0.3) is 0 Å². The second kappa shape index (κ2) is 14.4. The minimum Gasteiger partial charge on any atom is -0.110 e. The van der Waals surface area contributed by atoms with E-state index in [-0.39, 0.29) is 0 Å². The van der Waals surface area contributed by atoms with Crippen LogP contribution in [0.3, 0.4) is 0 Å². The second-order valence-corrected chi connectivity index (χ2v) is 7.92. The first kappa shape index (κ1) is 25.4. The molecule has 3 aliphatic rings. The van der Waals surface area contributed by atoms with Gasteiger partial charge in [0, 0.05) is 0 Å². The zero-order valence-corrected chi connectivity index (χ0v) is 20.3. The third-order valence-corrected chi connectivity index (χ3v) is 5.88. The summed E-state index contributed by atoms with van der Waals surface area (Å²) < 4.78 is 0. The minimum atomic E-state index is 1.02. The monoisotopic (exact) mass is 408 g/mol. The lowest BCUT2D eigenvalue weighted by Gasteiger charge is -2.20. The molecular formula is C28H41P. The Kier molecular flexibility index (Phi) is 12.6. The van der Waals surface area contributed by atoms with Crippen molar-refractivity contribution in [3.63, 3.8) is 0 Å². The lowest BCUT2D eigenvalue weighted by atomic mass is 9.85. The third kappa shape index (κ3) is 8.31. The maximum atomic E-state index is 4.35. The van der Waals surface area contributed by atoms with Gasteiger partial charge in [-0.15, -0.1) is 9.24 Å². The first-order valence-electron chi connectivity index (χ1n) is 11.4. The number of hydrogen-bond acceptors (Lipinski definition) is 0. The van der Waals surface area contributed by atoms with Crippen LogP contribution in [0.2, 0.25) is 0 Å². The average Bonchev–Trinajstić information content (AvgIpc) is 2.81. The van der Waals surface area contributed by atoms with Gasteiger partial charge in [0.25, 0.3) is 0 Å². The molecule has 0 radical (unpaired) electrons. The maximum absolute atomic E-state index is 4.35. The Bertz CT molecular complexity index is 747. The molecule has 29 heavy (non-hydrogen) atoms. The zero-order valence-electron chi connectivity index (χ0n) is 19.2. The molecule has 0 saturated heterocycles. The van der Waals surface area contributed by atoms with Crippen LogP contribution in [-0.2, 0) is 0 Å². The Balaban J connectivity index is 0.000000989. The van der Waals surface area contributed by atoms with E-state index in [1.54, 1.807) is 0 Å². The summed E-state index contributed by atoms with van der Waals surface area (Å²) in [6.45, 7) is 16.6. The number of allylic oxidation sites excluding steroid dienone is 14. The van der Waals surface area contributed by atoms with E-state index < -0.39 is 0 Å². The molecule has 0 fully saturated rings. The molecule has 0 spiro atoms. The molecule has 0 heterocycles. The summed E-state index contributed by atoms with van der Waals surface area (Å²) in [7, 11) is 2.81. The number of hydrogen-bond donors (Lipinski definition) is 0. The lowest BCUT2D eigenvalue weighted by Crippen LogP contribution is -2.01. The van der Waals surface area contributed by atoms with Gasteiger partial charge in [-0.05, 0) is 73.7 Å². The molecule has 158 valence electrons. The number of rotatable bonds is 6. The van der Waals surface area contributed by atoms with Gasteiger partial charge in [0.15, 0.2) is 0 Å². The molecule has 1 heteroatoms. The molecular weight excluding hydrogens is 367 g/mol. The van der Waals surface area contributed by atoms with Crippen LogP contribution in [0.4, 0.5) is 0 Å². The Labute approximate surface area is 182 Å². The predicted molar refractivity (Wildman–Crippen MR) is 137 cm³/mol. The standard InChI is InChI=1S/C24H29P.2C2H6/c1-18(8-9-19(2)21-14-16-24(25)17-15-21)20-10-12-23(13-11-20)22-6-4-3-5-7-22;2*1-2/h3-4,6,10,12,14,16H,1-2,5,7-9,11,13,15,17,25H2;2*1-2H3. The first-order valence-corrected chi connectivity index (χ1v) is 12.0. The molecule has 1 atom stereocenters. The molecule has 0 nitrogen and oxygen atoms in total. The van der Waals surface area contributed by atoms with Gasteiger partial charge in [0.1, 0.15) is 0 Å². The average molecular weight is 409 g/mol. The molecule has 0 amide bonds. The summed E-state index contributed by atoms with van der Waals surface area (Å²) in [6, 6.07) is 0. The Morgan fingerprint density at radius 2 is 1.28 bits per heavy atom. The van der Waals surface area contributed by atoms with E-state index in [1.165, 1.54) is 51.6 Å². The van der Waals surface area contributed by atoms with Crippen molar-refractivity contribution in [3.05, 3.63) is 94.4 Å². The van der Waals surface area contributed by atoms with E-state index in [0.717, 1.165) is 38.5 Å². The van der Waals surface area contributed by atoms with E-state index in [1.807, 2.05) is 27.7 Å². The molecule has 0 aromatic carbocycles. The summed E-state index contributed by atoms with van der Waals surface area (Å²) in [5.74, 6) is 0. The summed E-state index contributed by atoms with van der Waals surface area (Å²) in [5.41, 5.74) is 8.43. The van der Waals surface area contributed by atoms with Gasteiger partial charge in [0.05, 0.1) is 0 Å². The smallest absolute Gasteiger partial charge is 0.0235 e. The highest BCUT2D eigenvalue weighted by atomic mass is 31.0. The van der Waals surface area contributed by atoms with Gasteiger partial charge in [-0.25, -0.2) is 0 Å². The minimum absolute atomic E-state index is 1.02. The van der Waals surface area contributed by atoms with Crippen LogP contribution in [0.15, 0.2) is 94.4 Å². The van der Waals surface area contributed by atoms with Crippen LogP contribution in [0.5, 0.6) is 0 Å². The molecule has 1 unspecified atom stereocenters.